The minimum absolute atomic E-state index is 0.0667. The fraction of sp³-hybridized carbons (Fsp3) is 0.750. The smallest absolute Gasteiger partial charge is 0.332 e. The van der Waals surface area contributed by atoms with Gasteiger partial charge in [0.25, 0.3) is 0 Å². The van der Waals surface area contributed by atoms with Gasteiger partial charge in [0, 0.05) is 13.2 Å². The summed E-state index contributed by atoms with van der Waals surface area (Å²) in [6.45, 7) is 11.0. The highest BCUT2D eigenvalue weighted by molar-refractivity contribution is 6.53. The third-order valence-electron chi connectivity index (χ3n) is 2.47. The Morgan fingerprint density at radius 3 is 2.24 bits per heavy atom. The molecule has 0 aliphatic rings. The molecular weight excluding hydrogens is 234 g/mol. The van der Waals surface area contributed by atoms with E-state index in [1.54, 1.807) is 6.92 Å². The second-order valence-electron chi connectivity index (χ2n) is 3.96. The lowest BCUT2D eigenvalue weighted by molar-refractivity contribution is -0.116. The molecule has 0 amide bonds. The number of ketones is 1. The highest BCUT2D eigenvalue weighted by Crippen LogP contribution is 2.23. The van der Waals surface area contributed by atoms with E-state index in [4.69, 9.17) is 14.6 Å². The molecule has 100 valence electrons. The van der Waals surface area contributed by atoms with Crippen LogP contribution in [0.3, 0.4) is 0 Å². The van der Waals surface area contributed by atoms with Gasteiger partial charge in [-0.05, 0) is 45.7 Å². The Bertz CT molecular complexity index is 240. The van der Waals surface area contributed by atoms with E-state index in [0.717, 1.165) is 12.8 Å². The summed E-state index contributed by atoms with van der Waals surface area (Å²) < 4.78 is 11.3. The lowest BCUT2D eigenvalue weighted by atomic mass is 10.1. The largest absolute Gasteiger partial charge is 0.396 e. The molecule has 17 heavy (non-hydrogen) atoms. The molecule has 0 fully saturated rings. The van der Waals surface area contributed by atoms with Gasteiger partial charge < -0.3 is 14.6 Å². The van der Waals surface area contributed by atoms with Gasteiger partial charge in [-0.2, -0.15) is 0 Å². The molecule has 0 radical (unpaired) electrons. The van der Waals surface area contributed by atoms with Gasteiger partial charge in [-0.3, -0.25) is 4.79 Å². The molecule has 0 aromatic carbocycles. The maximum Gasteiger partial charge on any atom is 0.332 e. The average molecular weight is 259 g/mol. The maximum absolute atomic E-state index is 12.1. The van der Waals surface area contributed by atoms with Crippen molar-refractivity contribution < 1.29 is 13.6 Å². The van der Waals surface area contributed by atoms with E-state index < -0.39 is 9.28 Å². The minimum atomic E-state index is -1.96. The van der Waals surface area contributed by atoms with E-state index in [1.807, 2.05) is 13.8 Å². The summed E-state index contributed by atoms with van der Waals surface area (Å²) in [7, 11) is -1.96. The van der Waals surface area contributed by atoms with Gasteiger partial charge in [-0.15, -0.1) is 0 Å². The van der Waals surface area contributed by atoms with Crippen molar-refractivity contribution in [2.45, 2.75) is 39.2 Å². The molecule has 0 heterocycles. The first-order chi connectivity index (χ1) is 8.08. The molecule has 0 saturated heterocycles. The van der Waals surface area contributed by atoms with Gasteiger partial charge >= 0.3 is 9.28 Å². The average Bonchev–Trinajstić information content (AvgIpc) is 2.29. The number of carbonyl (C=O) groups excluding carboxylic acids is 1. The number of hydrogen-bond donors (Lipinski definition) is 1. The van der Waals surface area contributed by atoms with Crippen molar-refractivity contribution in [2.24, 2.45) is 5.73 Å². The zero-order valence-corrected chi connectivity index (χ0v) is 12.4. The van der Waals surface area contributed by atoms with Gasteiger partial charge in [0.2, 0.25) is 0 Å². The van der Waals surface area contributed by atoms with E-state index in [2.05, 4.69) is 6.58 Å². The van der Waals surface area contributed by atoms with Crippen molar-refractivity contribution in [3.05, 3.63) is 12.2 Å². The van der Waals surface area contributed by atoms with Crippen LogP contribution in [0.2, 0.25) is 5.54 Å². The first-order valence-corrected chi connectivity index (χ1v) is 7.82. The van der Waals surface area contributed by atoms with E-state index >= 15 is 0 Å². The van der Waals surface area contributed by atoms with E-state index in [0.29, 0.717) is 25.3 Å². The molecule has 0 rings (SSSR count). The molecule has 0 bridgehead atoms. The van der Waals surface area contributed by atoms with Gasteiger partial charge in [-0.1, -0.05) is 6.58 Å². The third-order valence-corrected chi connectivity index (χ3v) is 5.08. The number of carbonyl (C=O) groups is 1. The van der Waals surface area contributed by atoms with Gasteiger partial charge in [0.05, 0.1) is 5.54 Å². The van der Waals surface area contributed by atoms with E-state index in [9.17, 15) is 4.79 Å². The van der Waals surface area contributed by atoms with Crippen molar-refractivity contribution in [2.75, 3.05) is 19.8 Å². The van der Waals surface area contributed by atoms with Gasteiger partial charge in [-0.25, -0.2) is 0 Å². The molecule has 0 aromatic rings. The SMILES string of the molecule is C=C(C)C(=O)C(CCCN)[SiH](OCC)OCC. The van der Waals surface area contributed by atoms with Crippen LogP contribution >= 0.6 is 0 Å². The molecule has 0 saturated carbocycles. The predicted molar refractivity (Wildman–Crippen MR) is 72.3 cm³/mol. The molecule has 0 aromatic heterocycles. The highest BCUT2D eigenvalue weighted by atomic mass is 28.3. The van der Waals surface area contributed by atoms with Crippen LogP contribution in [-0.4, -0.2) is 34.8 Å². The molecule has 1 atom stereocenters. The molecule has 5 heteroatoms. The number of nitrogens with two attached hydrogens (primary N) is 1. The van der Waals surface area contributed by atoms with E-state index in [-0.39, 0.29) is 11.3 Å². The molecule has 0 spiro atoms. The fourth-order valence-corrected chi connectivity index (χ4v) is 3.91. The lowest BCUT2D eigenvalue weighted by Gasteiger charge is -2.23. The number of hydrogen-bond acceptors (Lipinski definition) is 4. The molecule has 0 aliphatic heterocycles. The van der Waals surface area contributed by atoms with Gasteiger partial charge in [0.1, 0.15) is 0 Å². The molecule has 1 unspecified atom stereocenters. The van der Waals surface area contributed by atoms with Crippen LogP contribution < -0.4 is 5.73 Å². The molecule has 0 aliphatic carbocycles. The summed E-state index contributed by atoms with van der Waals surface area (Å²) >= 11 is 0. The van der Waals surface area contributed by atoms with Crippen LogP contribution in [0.1, 0.15) is 33.6 Å². The van der Waals surface area contributed by atoms with Crippen molar-refractivity contribution in [3.8, 4) is 0 Å². The summed E-state index contributed by atoms with van der Waals surface area (Å²) in [4.78, 5) is 12.1. The summed E-state index contributed by atoms with van der Waals surface area (Å²) in [5.74, 6) is 0.0667. The van der Waals surface area contributed by atoms with Crippen LogP contribution in [0.15, 0.2) is 12.2 Å². The topological polar surface area (TPSA) is 61.6 Å². The Kier molecular flexibility index (Phi) is 9.25. The molecule has 4 nitrogen and oxygen atoms in total. The summed E-state index contributed by atoms with van der Waals surface area (Å²) in [5, 5.41) is 0. The second-order valence-corrected chi connectivity index (χ2v) is 6.17. The van der Waals surface area contributed by atoms with Crippen molar-refractivity contribution in [3.63, 3.8) is 0 Å². The van der Waals surface area contributed by atoms with Crippen LogP contribution in [0, 0.1) is 0 Å². The monoisotopic (exact) mass is 259 g/mol. The van der Waals surface area contributed by atoms with Crippen molar-refractivity contribution in [1.82, 2.24) is 0 Å². The number of Topliss-reactive ketones (excluding diaryl/α,β-unsaturated/α-hetero) is 1. The van der Waals surface area contributed by atoms with Crippen LogP contribution in [0.4, 0.5) is 0 Å². The molecule has 2 N–H and O–H groups in total. The minimum Gasteiger partial charge on any atom is -0.396 e. The number of allylic oxidation sites excluding steroid dienone is 1. The third kappa shape index (κ3) is 6.12. The normalized spacial score (nSPS) is 12.8. The Hall–Kier alpha value is -0.493. The van der Waals surface area contributed by atoms with Crippen molar-refractivity contribution in [1.29, 1.82) is 0 Å². The fourth-order valence-electron chi connectivity index (χ4n) is 1.65. The first-order valence-electron chi connectivity index (χ1n) is 6.21. The maximum atomic E-state index is 12.1. The standard InChI is InChI=1S/C12H25NO3Si/c1-5-15-17(16-6-2)11(8-7-9-13)12(14)10(3)4/h11,17H,3,5-9,13H2,1-2,4H3. The zero-order valence-electron chi connectivity index (χ0n) is 11.2. The summed E-state index contributed by atoms with van der Waals surface area (Å²) in [5.41, 5.74) is 5.92. The Labute approximate surface area is 106 Å². The van der Waals surface area contributed by atoms with Crippen LogP contribution in [0.25, 0.3) is 0 Å². The Morgan fingerprint density at radius 1 is 1.35 bits per heavy atom. The quantitative estimate of drug-likeness (QED) is 0.477. The summed E-state index contributed by atoms with van der Waals surface area (Å²) in [6.07, 6.45) is 1.55. The predicted octanol–water partition coefficient (Wildman–Crippen LogP) is 1.53. The second kappa shape index (κ2) is 9.53. The van der Waals surface area contributed by atoms with Crippen molar-refractivity contribution >= 4 is 15.1 Å². The Balaban J connectivity index is 4.70. The van der Waals surface area contributed by atoms with E-state index in [1.165, 1.54) is 0 Å². The molecular formula is C12H25NO3Si. The highest BCUT2D eigenvalue weighted by Gasteiger charge is 2.31. The summed E-state index contributed by atoms with van der Waals surface area (Å²) in [6, 6.07) is 0. The zero-order chi connectivity index (χ0) is 13.3. The van der Waals surface area contributed by atoms with Crippen LogP contribution in [-0.2, 0) is 13.6 Å². The first kappa shape index (κ1) is 16.5. The Morgan fingerprint density at radius 2 is 1.88 bits per heavy atom. The number of rotatable bonds is 10. The van der Waals surface area contributed by atoms with Gasteiger partial charge in [0.15, 0.2) is 5.78 Å². The van der Waals surface area contributed by atoms with Crippen LogP contribution in [0.5, 0.6) is 0 Å². The lowest BCUT2D eigenvalue weighted by Crippen LogP contribution is -2.34.